The van der Waals surface area contributed by atoms with Crippen LogP contribution in [0.4, 0.5) is 10.8 Å². The number of aliphatic carboxylic acids is 1. The number of carboxylic acid groups (broad SMARTS) is 1. The molecule has 2 aromatic carbocycles. The van der Waals surface area contributed by atoms with Gasteiger partial charge in [-0.05, 0) is 30.0 Å². The number of anilines is 2. The Bertz CT molecular complexity index is 914. The maximum absolute atomic E-state index is 11.3. The molecule has 0 atom stereocenters. The summed E-state index contributed by atoms with van der Waals surface area (Å²) < 4.78 is 0. The number of rotatable bonds is 6. The van der Waals surface area contributed by atoms with Crippen molar-refractivity contribution in [3.8, 4) is 11.3 Å². The molecule has 0 aliphatic heterocycles. The number of benzene rings is 2. The quantitative estimate of drug-likeness (QED) is 0.595. The molecule has 134 valence electrons. The van der Waals surface area contributed by atoms with Crippen LogP contribution in [0.25, 0.3) is 11.3 Å². The monoisotopic (exact) mass is 366 g/mol. The van der Waals surface area contributed by atoms with Crippen LogP contribution >= 0.6 is 11.3 Å². The average molecular weight is 366 g/mol. The first-order valence-corrected chi connectivity index (χ1v) is 9.40. The van der Waals surface area contributed by atoms with Crippen molar-refractivity contribution in [3.05, 3.63) is 64.5 Å². The largest absolute Gasteiger partial charge is 0.481 e. The van der Waals surface area contributed by atoms with Gasteiger partial charge >= 0.3 is 5.97 Å². The Balaban J connectivity index is 1.96. The van der Waals surface area contributed by atoms with Crippen LogP contribution in [-0.4, -0.2) is 16.1 Å². The molecule has 3 rings (SSSR count). The van der Waals surface area contributed by atoms with Crippen LogP contribution in [0.5, 0.6) is 0 Å². The summed E-state index contributed by atoms with van der Waals surface area (Å²) in [5.41, 5.74) is 5.03. The van der Waals surface area contributed by atoms with E-state index in [-0.39, 0.29) is 6.42 Å². The van der Waals surface area contributed by atoms with E-state index in [2.05, 4.69) is 36.3 Å². The smallest absolute Gasteiger partial charge is 0.308 e. The van der Waals surface area contributed by atoms with Crippen molar-refractivity contribution in [3.63, 3.8) is 0 Å². The van der Waals surface area contributed by atoms with Gasteiger partial charge < -0.3 is 10.4 Å². The minimum Gasteiger partial charge on any atom is -0.481 e. The number of carboxylic acids is 1. The Kier molecular flexibility index (Phi) is 5.38. The molecule has 2 N–H and O–H groups in total. The fraction of sp³-hybridized carbons (Fsp3) is 0.238. The molecule has 0 aliphatic rings. The molecule has 0 saturated heterocycles. The lowest BCUT2D eigenvalue weighted by Crippen LogP contribution is -1.99. The van der Waals surface area contributed by atoms with Crippen molar-refractivity contribution in [1.82, 2.24) is 4.98 Å². The van der Waals surface area contributed by atoms with Crippen molar-refractivity contribution in [2.24, 2.45) is 0 Å². The Morgan fingerprint density at radius 1 is 1.15 bits per heavy atom. The second kappa shape index (κ2) is 7.70. The Hall–Kier alpha value is -2.66. The predicted octanol–water partition coefficient (Wildman–Crippen LogP) is 5.61. The summed E-state index contributed by atoms with van der Waals surface area (Å²) in [6.07, 6.45) is -0.0333. The number of thiazole rings is 1. The second-order valence-electron chi connectivity index (χ2n) is 6.58. The molecule has 0 amide bonds. The van der Waals surface area contributed by atoms with Crippen LogP contribution in [0.2, 0.25) is 0 Å². The van der Waals surface area contributed by atoms with E-state index in [1.54, 1.807) is 0 Å². The molecule has 5 heteroatoms. The van der Waals surface area contributed by atoms with E-state index in [1.165, 1.54) is 16.9 Å². The summed E-state index contributed by atoms with van der Waals surface area (Å²) in [5, 5.41) is 13.3. The van der Waals surface area contributed by atoms with Crippen molar-refractivity contribution >= 4 is 28.1 Å². The first-order chi connectivity index (χ1) is 12.4. The molecule has 3 aromatic rings. The number of hydrogen-bond donors (Lipinski definition) is 2. The van der Waals surface area contributed by atoms with Gasteiger partial charge in [0.2, 0.25) is 0 Å². The zero-order chi connectivity index (χ0) is 18.7. The summed E-state index contributed by atoms with van der Waals surface area (Å²) in [6, 6.07) is 16.2. The first kappa shape index (κ1) is 18.1. The van der Waals surface area contributed by atoms with Gasteiger partial charge in [0.1, 0.15) is 0 Å². The number of carbonyl (C=O) groups is 1. The topological polar surface area (TPSA) is 62.2 Å². The molecule has 0 fully saturated rings. The Labute approximate surface area is 157 Å². The van der Waals surface area contributed by atoms with E-state index in [9.17, 15) is 9.90 Å². The normalized spacial score (nSPS) is 10.9. The van der Waals surface area contributed by atoms with Gasteiger partial charge in [-0.1, -0.05) is 56.3 Å². The van der Waals surface area contributed by atoms with Crippen LogP contribution in [0.15, 0.2) is 48.5 Å². The fourth-order valence-corrected chi connectivity index (χ4v) is 3.73. The number of para-hydroxylation sites is 1. The van der Waals surface area contributed by atoms with E-state index in [0.29, 0.717) is 11.0 Å². The third-order valence-corrected chi connectivity index (χ3v) is 5.22. The van der Waals surface area contributed by atoms with Crippen molar-refractivity contribution in [2.45, 2.75) is 33.1 Å². The molecule has 26 heavy (non-hydrogen) atoms. The minimum atomic E-state index is -0.851. The molecule has 0 unspecified atom stereocenters. The van der Waals surface area contributed by atoms with E-state index in [1.807, 2.05) is 43.3 Å². The lowest BCUT2D eigenvalue weighted by molar-refractivity contribution is -0.136. The van der Waals surface area contributed by atoms with Gasteiger partial charge in [-0.15, -0.1) is 11.3 Å². The molecule has 1 heterocycles. The van der Waals surface area contributed by atoms with E-state index in [4.69, 9.17) is 0 Å². The molecule has 1 aromatic heterocycles. The molecule has 0 radical (unpaired) electrons. The van der Waals surface area contributed by atoms with Gasteiger partial charge in [0.25, 0.3) is 0 Å². The molecule has 4 nitrogen and oxygen atoms in total. The maximum Gasteiger partial charge on any atom is 0.308 e. The Morgan fingerprint density at radius 3 is 2.46 bits per heavy atom. The Morgan fingerprint density at radius 2 is 1.85 bits per heavy atom. The molecule has 0 saturated carbocycles. The van der Waals surface area contributed by atoms with Gasteiger partial charge in [0.15, 0.2) is 5.13 Å². The van der Waals surface area contributed by atoms with Crippen LogP contribution in [0.3, 0.4) is 0 Å². The number of aryl methyl sites for hydroxylation is 1. The highest BCUT2D eigenvalue weighted by Crippen LogP contribution is 2.34. The molecule has 0 bridgehead atoms. The molecule has 0 aliphatic carbocycles. The van der Waals surface area contributed by atoms with Gasteiger partial charge in [0, 0.05) is 16.1 Å². The average Bonchev–Trinajstić information content (AvgIpc) is 2.98. The maximum atomic E-state index is 11.3. The third kappa shape index (κ3) is 4.11. The predicted molar refractivity (Wildman–Crippen MR) is 107 cm³/mol. The van der Waals surface area contributed by atoms with Crippen LogP contribution < -0.4 is 5.32 Å². The molecular formula is C21H22N2O2S. The van der Waals surface area contributed by atoms with E-state index < -0.39 is 5.97 Å². The first-order valence-electron chi connectivity index (χ1n) is 8.58. The highest BCUT2D eigenvalue weighted by Gasteiger charge is 2.16. The fourth-order valence-electron chi connectivity index (χ4n) is 2.74. The van der Waals surface area contributed by atoms with Crippen LogP contribution in [0, 0.1) is 6.92 Å². The number of nitrogens with zero attached hydrogens (tertiary/aromatic N) is 1. The standard InChI is InChI=1S/C21H22N2O2S/c1-13(2)15-8-10-16(11-9-15)20-18(12-19(24)25)26-21(23-20)22-17-7-5-4-6-14(17)3/h4-11,13H,12H2,1-3H3,(H,22,23)(H,24,25). The van der Waals surface area contributed by atoms with Crippen LogP contribution in [0.1, 0.15) is 35.8 Å². The number of nitrogens with one attached hydrogen (secondary N) is 1. The summed E-state index contributed by atoms with van der Waals surface area (Å²) in [7, 11) is 0. The minimum absolute atomic E-state index is 0.0333. The number of hydrogen-bond acceptors (Lipinski definition) is 4. The van der Waals surface area contributed by atoms with Gasteiger partial charge in [0.05, 0.1) is 12.1 Å². The van der Waals surface area contributed by atoms with Crippen molar-refractivity contribution < 1.29 is 9.90 Å². The van der Waals surface area contributed by atoms with Gasteiger partial charge in [-0.2, -0.15) is 0 Å². The summed E-state index contributed by atoms with van der Waals surface area (Å²) >= 11 is 1.39. The highest BCUT2D eigenvalue weighted by molar-refractivity contribution is 7.16. The van der Waals surface area contributed by atoms with Crippen LogP contribution in [-0.2, 0) is 11.2 Å². The zero-order valence-corrected chi connectivity index (χ0v) is 15.9. The van der Waals surface area contributed by atoms with Gasteiger partial charge in [-0.3, -0.25) is 4.79 Å². The van der Waals surface area contributed by atoms with Crippen molar-refractivity contribution in [2.75, 3.05) is 5.32 Å². The highest BCUT2D eigenvalue weighted by atomic mass is 32.1. The summed E-state index contributed by atoms with van der Waals surface area (Å²) in [4.78, 5) is 16.7. The lowest BCUT2D eigenvalue weighted by atomic mass is 10.0. The summed E-state index contributed by atoms with van der Waals surface area (Å²) in [6.45, 7) is 6.33. The molecule has 0 spiro atoms. The number of aromatic nitrogens is 1. The van der Waals surface area contributed by atoms with E-state index >= 15 is 0 Å². The van der Waals surface area contributed by atoms with Gasteiger partial charge in [-0.25, -0.2) is 4.98 Å². The third-order valence-electron chi connectivity index (χ3n) is 4.25. The molecular weight excluding hydrogens is 344 g/mol. The lowest BCUT2D eigenvalue weighted by Gasteiger charge is -2.07. The second-order valence-corrected chi connectivity index (χ2v) is 7.66. The zero-order valence-electron chi connectivity index (χ0n) is 15.1. The SMILES string of the molecule is Cc1ccccc1Nc1nc(-c2ccc(C(C)C)cc2)c(CC(=O)O)s1. The van der Waals surface area contributed by atoms with E-state index in [0.717, 1.165) is 27.4 Å². The summed E-state index contributed by atoms with van der Waals surface area (Å²) in [5.74, 6) is -0.396. The van der Waals surface area contributed by atoms with Crippen molar-refractivity contribution in [1.29, 1.82) is 0 Å².